The van der Waals surface area contributed by atoms with Crippen LogP contribution in [-0.2, 0) is 0 Å². The molecular weight excluding hydrogens is 256 g/mol. The van der Waals surface area contributed by atoms with Gasteiger partial charge in [0.25, 0.3) is 0 Å². The van der Waals surface area contributed by atoms with E-state index in [4.69, 9.17) is 0 Å². The van der Waals surface area contributed by atoms with Crippen LogP contribution in [0.15, 0.2) is 0 Å². The zero-order chi connectivity index (χ0) is 15.8. The summed E-state index contributed by atoms with van der Waals surface area (Å²) in [6, 6.07) is 1.55. The highest BCUT2D eigenvalue weighted by molar-refractivity contribution is 4.84. The highest BCUT2D eigenvalue weighted by atomic mass is 15.2. The number of likely N-dealkylation sites (tertiary alicyclic amines) is 2. The van der Waals surface area contributed by atoms with Crippen LogP contribution in [0.5, 0.6) is 0 Å². The quantitative estimate of drug-likeness (QED) is 0.745. The van der Waals surface area contributed by atoms with Crippen molar-refractivity contribution in [1.29, 1.82) is 0 Å². The Morgan fingerprint density at radius 3 is 1.71 bits per heavy atom. The lowest BCUT2D eigenvalue weighted by Gasteiger charge is -2.43. The van der Waals surface area contributed by atoms with Crippen molar-refractivity contribution >= 4 is 0 Å². The van der Waals surface area contributed by atoms with Gasteiger partial charge >= 0.3 is 0 Å². The van der Waals surface area contributed by atoms with Gasteiger partial charge in [-0.25, -0.2) is 0 Å². The summed E-state index contributed by atoms with van der Waals surface area (Å²) >= 11 is 0. The molecule has 21 heavy (non-hydrogen) atoms. The zero-order valence-electron chi connectivity index (χ0n) is 15.6. The molecule has 0 aliphatic carbocycles. The van der Waals surface area contributed by atoms with Crippen molar-refractivity contribution in [2.45, 2.75) is 85.7 Å². The summed E-state index contributed by atoms with van der Waals surface area (Å²) in [6.07, 6.45) is 7.08. The van der Waals surface area contributed by atoms with Crippen LogP contribution in [-0.4, -0.2) is 48.1 Å². The zero-order valence-corrected chi connectivity index (χ0v) is 15.6. The van der Waals surface area contributed by atoms with Crippen LogP contribution in [0.25, 0.3) is 0 Å². The third kappa shape index (κ3) is 5.56. The van der Waals surface area contributed by atoms with Gasteiger partial charge in [-0.1, -0.05) is 27.2 Å². The number of nitrogens with zero attached hydrogens (tertiary/aromatic N) is 2. The van der Waals surface area contributed by atoms with Crippen LogP contribution < -0.4 is 0 Å². The highest BCUT2D eigenvalue weighted by Gasteiger charge is 2.30. The summed E-state index contributed by atoms with van der Waals surface area (Å²) < 4.78 is 0. The standard InChI is InChI=1S/C17H34N2.C2H6/c1-5-16-6-10-19(11-7-16)15(4)17-8-12-18(13-9-17)14(2)3;1-2/h14-17H,5-13H2,1-4H3;1-2H3. The maximum Gasteiger partial charge on any atom is 0.00961 e. The third-order valence-electron chi connectivity index (χ3n) is 5.79. The first kappa shape index (κ1) is 19.0. The summed E-state index contributed by atoms with van der Waals surface area (Å²) in [5, 5.41) is 0. The molecular formula is C19H40N2. The van der Waals surface area contributed by atoms with E-state index in [1.807, 2.05) is 13.8 Å². The van der Waals surface area contributed by atoms with E-state index >= 15 is 0 Å². The minimum atomic E-state index is 0.733. The molecule has 2 heterocycles. The fraction of sp³-hybridized carbons (Fsp3) is 1.00. The first-order chi connectivity index (χ1) is 10.1. The summed E-state index contributed by atoms with van der Waals surface area (Å²) in [5.41, 5.74) is 0. The molecule has 1 unspecified atom stereocenters. The fourth-order valence-corrected chi connectivity index (χ4v) is 3.98. The van der Waals surface area contributed by atoms with Gasteiger partial charge in [0.2, 0.25) is 0 Å². The predicted molar refractivity (Wildman–Crippen MR) is 94.8 cm³/mol. The van der Waals surface area contributed by atoms with Gasteiger partial charge in [0.15, 0.2) is 0 Å². The summed E-state index contributed by atoms with van der Waals surface area (Å²) in [5.74, 6) is 1.94. The molecule has 2 aliphatic heterocycles. The molecule has 0 saturated carbocycles. The maximum atomic E-state index is 2.78. The predicted octanol–water partition coefficient (Wildman–Crippen LogP) is 4.64. The van der Waals surface area contributed by atoms with Crippen molar-refractivity contribution in [3.8, 4) is 0 Å². The van der Waals surface area contributed by atoms with Crippen molar-refractivity contribution in [3.63, 3.8) is 0 Å². The van der Waals surface area contributed by atoms with Crippen LogP contribution >= 0.6 is 0 Å². The van der Waals surface area contributed by atoms with E-state index < -0.39 is 0 Å². The minimum absolute atomic E-state index is 0.733. The van der Waals surface area contributed by atoms with Crippen molar-refractivity contribution in [1.82, 2.24) is 9.80 Å². The second-order valence-electron chi connectivity index (χ2n) is 7.10. The van der Waals surface area contributed by atoms with E-state index in [1.54, 1.807) is 0 Å². The van der Waals surface area contributed by atoms with Crippen molar-refractivity contribution < 1.29 is 0 Å². The minimum Gasteiger partial charge on any atom is -0.301 e. The number of hydrogen-bond acceptors (Lipinski definition) is 2. The third-order valence-corrected chi connectivity index (χ3v) is 5.79. The van der Waals surface area contributed by atoms with E-state index in [0.717, 1.165) is 23.9 Å². The number of piperidine rings is 2. The van der Waals surface area contributed by atoms with Crippen LogP contribution in [0.1, 0.15) is 73.6 Å². The molecule has 0 spiro atoms. The Kier molecular flexibility index (Phi) is 8.89. The van der Waals surface area contributed by atoms with Crippen LogP contribution in [0.2, 0.25) is 0 Å². The smallest absolute Gasteiger partial charge is 0.00961 e. The van der Waals surface area contributed by atoms with Crippen LogP contribution in [0.3, 0.4) is 0 Å². The van der Waals surface area contributed by atoms with Gasteiger partial charge in [0, 0.05) is 12.1 Å². The first-order valence-corrected chi connectivity index (χ1v) is 9.60. The molecule has 0 aromatic rings. The van der Waals surface area contributed by atoms with Gasteiger partial charge in [-0.15, -0.1) is 0 Å². The Bertz CT molecular complexity index is 248. The summed E-state index contributed by atoms with van der Waals surface area (Å²) in [7, 11) is 0. The maximum absolute atomic E-state index is 2.78. The Balaban J connectivity index is 0.00000106. The van der Waals surface area contributed by atoms with Gasteiger partial charge in [0.05, 0.1) is 0 Å². The molecule has 0 amide bonds. The fourth-order valence-electron chi connectivity index (χ4n) is 3.98. The molecule has 2 heteroatoms. The molecule has 2 saturated heterocycles. The lowest BCUT2D eigenvalue weighted by atomic mass is 9.86. The summed E-state index contributed by atoms with van der Waals surface area (Å²) in [4.78, 5) is 5.42. The lowest BCUT2D eigenvalue weighted by molar-refractivity contribution is 0.0616. The lowest BCUT2D eigenvalue weighted by Crippen LogP contribution is -2.48. The number of rotatable bonds is 4. The van der Waals surface area contributed by atoms with E-state index in [9.17, 15) is 0 Å². The second kappa shape index (κ2) is 9.84. The van der Waals surface area contributed by atoms with E-state index in [0.29, 0.717) is 0 Å². The average Bonchev–Trinajstić information content (AvgIpc) is 2.56. The van der Waals surface area contributed by atoms with E-state index in [2.05, 4.69) is 37.5 Å². The molecule has 0 aromatic heterocycles. The number of hydrogen-bond donors (Lipinski definition) is 0. The summed E-state index contributed by atoms with van der Waals surface area (Å²) in [6.45, 7) is 18.8. The monoisotopic (exact) mass is 296 g/mol. The topological polar surface area (TPSA) is 6.48 Å². The van der Waals surface area contributed by atoms with Crippen molar-refractivity contribution in [2.75, 3.05) is 26.2 Å². The molecule has 0 bridgehead atoms. The van der Waals surface area contributed by atoms with E-state index in [-0.39, 0.29) is 0 Å². The van der Waals surface area contributed by atoms with Crippen molar-refractivity contribution in [3.05, 3.63) is 0 Å². The molecule has 0 aromatic carbocycles. The molecule has 0 radical (unpaired) electrons. The van der Waals surface area contributed by atoms with Gasteiger partial charge in [-0.3, -0.25) is 0 Å². The van der Waals surface area contributed by atoms with Gasteiger partial charge in [0.1, 0.15) is 0 Å². The average molecular weight is 297 g/mol. The van der Waals surface area contributed by atoms with Gasteiger partial charge in [-0.2, -0.15) is 0 Å². The molecule has 2 aliphatic rings. The Morgan fingerprint density at radius 2 is 1.29 bits per heavy atom. The van der Waals surface area contributed by atoms with Gasteiger partial charge in [-0.05, 0) is 84.5 Å². The second-order valence-corrected chi connectivity index (χ2v) is 7.10. The van der Waals surface area contributed by atoms with Crippen molar-refractivity contribution in [2.24, 2.45) is 11.8 Å². The molecule has 0 N–H and O–H groups in total. The molecule has 126 valence electrons. The largest absolute Gasteiger partial charge is 0.301 e. The Labute approximate surface area is 134 Å². The van der Waals surface area contributed by atoms with Gasteiger partial charge < -0.3 is 9.80 Å². The Hall–Kier alpha value is -0.0800. The molecule has 1 atom stereocenters. The molecule has 2 rings (SSSR count). The molecule has 2 nitrogen and oxygen atoms in total. The highest BCUT2D eigenvalue weighted by Crippen LogP contribution is 2.28. The first-order valence-electron chi connectivity index (χ1n) is 9.60. The SMILES string of the molecule is CC.CCC1CCN(C(C)C2CCN(C(C)C)CC2)CC1. The Morgan fingerprint density at radius 1 is 0.810 bits per heavy atom. The molecule has 2 fully saturated rings. The van der Waals surface area contributed by atoms with Crippen LogP contribution in [0.4, 0.5) is 0 Å². The van der Waals surface area contributed by atoms with Crippen LogP contribution in [0, 0.1) is 11.8 Å². The normalized spacial score (nSPS) is 24.7. The van der Waals surface area contributed by atoms with E-state index in [1.165, 1.54) is 58.3 Å².